The van der Waals surface area contributed by atoms with Gasteiger partial charge in [-0.25, -0.2) is 9.07 Å². The highest BCUT2D eigenvalue weighted by atomic mass is 19.4. The summed E-state index contributed by atoms with van der Waals surface area (Å²) in [5.41, 5.74) is 1.27. The molecule has 2 heterocycles. The van der Waals surface area contributed by atoms with Crippen LogP contribution in [0.1, 0.15) is 11.6 Å². The fraction of sp³-hybridized carbons (Fsp3) is 0.250. The Morgan fingerprint density at radius 3 is 2.40 bits per heavy atom. The number of hydrogen-bond donors (Lipinski definition) is 0. The second-order valence-corrected chi connectivity index (χ2v) is 5.54. The van der Waals surface area contributed by atoms with E-state index in [1.165, 1.54) is 33.8 Å². The van der Waals surface area contributed by atoms with Crippen molar-refractivity contribution >= 4 is 5.91 Å². The number of nitrogens with zero attached hydrogens (tertiary/aromatic N) is 3. The molecule has 1 aromatic heterocycles. The Morgan fingerprint density at radius 1 is 1.20 bits per heavy atom. The van der Waals surface area contributed by atoms with Crippen molar-refractivity contribution in [2.75, 3.05) is 13.1 Å². The molecule has 1 fully saturated rings. The first-order valence-electron chi connectivity index (χ1n) is 7.28. The van der Waals surface area contributed by atoms with E-state index in [1.54, 1.807) is 12.3 Å². The van der Waals surface area contributed by atoms with Crippen molar-refractivity contribution in [3.8, 4) is 11.4 Å². The topological polar surface area (TPSA) is 47.4 Å². The number of amides is 1. The van der Waals surface area contributed by atoms with Crippen LogP contribution in [-0.2, 0) is 4.79 Å². The molecule has 1 aliphatic heterocycles. The molecule has 0 radical (unpaired) electrons. The van der Waals surface area contributed by atoms with E-state index in [-0.39, 0.29) is 11.7 Å². The van der Waals surface area contributed by atoms with Crippen LogP contribution in [0.2, 0.25) is 0 Å². The first kappa shape index (κ1) is 17.0. The highest BCUT2D eigenvalue weighted by Crippen LogP contribution is 2.28. The fourth-order valence-corrected chi connectivity index (χ4v) is 2.50. The van der Waals surface area contributed by atoms with E-state index >= 15 is 0 Å². The minimum Gasteiger partial charge on any atom is -0.406 e. The predicted molar refractivity (Wildman–Crippen MR) is 79.8 cm³/mol. The fourth-order valence-electron chi connectivity index (χ4n) is 2.50. The molecule has 0 spiro atoms. The molecule has 1 aromatic carbocycles. The molecule has 0 atom stereocenters. The van der Waals surface area contributed by atoms with Crippen LogP contribution in [0.15, 0.2) is 48.9 Å². The standard InChI is InChI=1S/C16H13F4N3O2/c1-10(17)15(24)22-8-11(9-22)14-6-7-23(21-14)12-2-4-13(5-3-12)25-16(18,19)20/h2-7,11H,1,8-9H2. The zero-order valence-electron chi connectivity index (χ0n) is 12.8. The van der Waals surface area contributed by atoms with Crippen LogP contribution in [0.25, 0.3) is 5.69 Å². The average Bonchev–Trinajstić information content (AvgIpc) is 2.94. The number of alkyl halides is 3. The van der Waals surface area contributed by atoms with Gasteiger partial charge < -0.3 is 9.64 Å². The average molecular weight is 355 g/mol. The van der Waals surface area contributed by atoms with Gasteiger partial charge in [-0.1, -0.05) is 6.58 Å². The van der Waals surface area contributed by atoms with Gasteiger partial charge in [0, 0.05) is 25.2 Å². The summed E-state index contributed by atoms with van der Waals surface area (Å²) in [6.07, 6.45) is -3.08. The molecule has 0 N–H and O–H groups in total. The maximum atomic E-state index is 12.8. The van der Waals surface area contributed by atoms with Crippen molar-refractivity contribution in [2.24, 2.45) is 0 Å². The molecule has 0 aliphatic carbocycles. The van der Waals surface area contributed by atoms with E-state index in [0.717, 1.165) is 0 Å². The van der Waals surface area contributed by atoms with E-state index in [9.17, 15) is 22.4 Å². The number of likely N-dealkylation sites (tertiary alicyclic amines) is 1. The van der Waals surface area contributed by atoms with Crippen molar-refractivity contribution in [3.63, 3.8) is 0 Å². The Bertz CT molecular complexity index is 792. The van der Waals surface area contributed by atoms with Crippen LogP contribution in [0.3, 0.4) is 0 Å². The SMILES string of the molecule is C=C(F)C(=O)N1CC(c2ccn(-c3ccc(OC(F)(F)F)cc3)n2)C1. The van der Waals surface area contributed by atoms with Crippen LogP contribution in [0.5, 0.6) is 5.75 Å². The van der Waals surface area contributed by atoms with Crippen molar-refractivity contribution in [3.05, 3.63) is 54.6 Å². The third-order valence-corrected chi connectivity index (χ3v) is 3.76. The van der Waals surface area contributed by atoms with Crippen LogP contribution in [0.4, 0.5) is 17.6 Å². The quantitative estimate of drug-likeness (QED) is 0.625. The van der Waals surface area contributed by atoms with Gasteiger partial charge in [0.05, 0.1) is 11.4 Å². The number of rotatable bonds is 4. The second-order valence-electron chi connectivity index (χ2n) is 5.54. The van der Waals surface area contributed by atoms with Crippen molar-refractivity contribution in [1.82, 2.24) is 14.7 Å². The lowest BCUT2D eigenvalue weighted by atomic mass is 9.96. The highest BCUT2D eigenvalue weighted by molar-refractivity contribution is 5.91. The normalized spacial score (nSPS) is 15.0. The maximum absolute atomic E-state index is 12.8. The van der Waals surface area contributed by atoms with E-state index < -0.39 is 18.1 Å². The summed E-state index contributed by atoms with van der Waals surface area (Å²) in [5, 5.41) is 4.34. The van der Waals surface area contributed by atoms with Crippen molar-refractivity contribution in [2.45, 2.75) is 12.3 Å². The molecule has 1 aliphatic rings. The molecular weight excluding hydrogens is 342 g/mol. The number of halogens is 4. The summed E-state index contributed by atoms with van der Waals surface area (Å²) < 4.78 is 54.5. The predicted octanol–water partition coefficient (Wildman–Crippen LogP) is 3.18. The zero-order chi connectivity index (χ0) is 18.2. The molecule has 25 heavy (non-hydrogen) atoms. The van der Waals surface area contributed by atoms with Crippen LogP contribution in [0, 0.1) is 0 Å². The molecule has 5 nitrogen and oxygen atoms in total. The van der Waals surface area contributed by atoms with Crippen molar-refractivity contribution < 1.29 is 27.1 Å². The molecule has 132 valence electrons. The minimum atomic E-state index is -4.74. The smallest absolute Gasteiger partial charge is 0.406 e. The molecule has 0 saturated carbocycles. The van der Waals surface area contributed by atoms with Crippen LogP contribution in [-0.4, -0.2) is 40.0 Å². The summed E-state index contributed by atoms with van der Waals surface area (Å²) in [6, 6.07) is 7.03. The van der Waals surface area contributed by atoms with E-state index in [2.05, 4.69) is 16.4 Å². The molecule has 1 saturated heterocycles. The van der Waals surface area contributed by atoms with E-state index in [0.29, 0.717) is 24.5 Å². The second kappa shape index (κ2) is 6.23. The number of benzene rings is 1. The van der Waals surface area contributed by atoms with Gasteiger partial charge >= 0.3 is 6.36 Å². The summed E-state index contributed by atoms with van der Waals surface area (Å²) in [4.78, 5) is 12.7. The Kier molecular flexibility index (Phi) is 4.23. The summed E-state index contributed by atoms with van der Waals surface area (Å²) >= 11 is 0. The Hall–Kier alpha value is -2.84. The Balaban J connectivity index is 1.64. The van der Waals surface area contributed by atoms with Gasteiger partial charge in [0.15, 0.2) is 5.83 Å². The Morgan fingerprint density at radius 2 is 1.84 bits per heavy atom. The lowest BCUT2D eigenvalue weighted by Gasteiger charge is -2.37. The monoisotopic (exact) mass is 355 g/mol. The lowest BCUT2D eigenvalue weighted by Crippen LogP contribution is -2.48. The number of carbonyl (C=O) groups is 1. The number of aromatic nitrogens is 2. The van der Waals surface area contributed by atoms with Gasteiger partial charge in [0.25, 0.3) is 5.91 Å². The van der Waals surface area contributed by atoms with E-state index in [1.807, 2.05) is 0 Å². The number of ether oxygens (including phenoxy) is 1. The Labute approximate surface area is 140 Å². The lowest BCUT2D eigenvalue weighted by molar-refractivity contribution is -0.274. The molecule has 2 aromatic rings. The van der Waals surface area contributed by atoms with Gasteiger partial charge in [0.1, 0.15) is 5.75 Å². The van der Waals surface area contributed by atoms with Gasteiger partial charge in [-0.2, -0.15) is 5.10 Å². The molecule has 3 rings (SSSR count). The van der Waals surface area contributed by atoms with Gasteiger partial charge in [0.2, 0.25) is 0 Å². The van der Waals surface area contributed by atoms with Crippen molar-refractivity contribution in [1.29, 1.82) is 0 Å². The molecule has 1 amide bonds. The van der Waals surface area contributed by atoms with Crippen LogP contribution >= 0.6 is 0 Å². The zero-order valence-corrected chi connectivity index (χ0v) is 12.8. The molecular formula is C16H13F4N3O2. The number of carbonyl (C=O) groups excluding carboxylic acids is 1. The highest BCUT2D eigenvalue weighted by Gasteiger charge is 2.34. The molecule has 9 heteroatoms. The van der Waals surface area contributed by atoms with Crippen LogP contribution < -0.4 is 4.74 Å². The molecule has 0 bridgehead atoms. The minimum absolute atomic E-state index is 0.0163. The third-order valence-electron chi connectivity index (χ3n) is 3.76. The maximum Gasteiger partial charge on any atom is 0.573 e. The summed E-state index contributed by atoms with van der Waals surface area (Å²) in [7, 11) is 0. The third kappa shape index (κ3) is 3.81. The summed E-state index contributed by atoms with van der Waals surface area (Å²) in [5.74, 6) is -2.05. The van der Waals surface area contributed by atoms with Gasteiger partial charge in [-0.05, 0) is 30.3 Å². The summed E-state index contributed by atoms with van der Waals surface area (Å²) in [6.45, 7) is 3.66. The number of hydrogen-bond acceptors (Lipinski definition) is 3. The van der Waals surface area contributed by atoms with Gasteiger partial charge in [-0.3, -0.25) is 4.79 Å². The first-order chi connectivity index (χ1) is 11.7. The first-order valence-corrected chi connectivity index (χ1v) is 7.28. The van der Waals surface area contributed by atoms with Gasteiger partial charge in [-0.15, -0.1) is 13.2 Å². The molecule has 0 unspecified atom stereocenters. The van der Waals surface area contributed by atoms with E-state index in [4.69, 9.17) is 0 Å². The largest absolute Gasteiger partial charge is 0.573 e.